The lowest BCUT2D eigenvalue weighted by molar-refractivity contribution is -0.125. The third-order valence-corrected chi connectivity index (χ3v) is 4.63. The number of ether oxygens (including phenoxy) is 4. The molecular formula is C19H26N2O6. The van der Waals surface area contributed by atoms with E-state index in [1.807, 2.05) is 20.8 Å². The van der Waals surface area contributed by atoms with Gasteiger partial charge < -0.3 is 18.9 Å². The summed E-state index contributed by atoms with van der Waals surface area (Å²) in [5.74, 6) is 0. The van der Waals surface area contributed by atoms with Gasteiger partial charge in [-0.25, -0.2) is 9.59 Å². The summed E-state index contributed by atoms with van der Waals surface area (Å²) < 4.78 is 20.8. The van der Waals surface area contributed by atoms with Gasteiger partial charge in [-0.3, -0.25) is 10.6 Å². The first-order valence-electron chi connectivity index (χ1n) is 8.91. The minimum atomic E-state index is -0.543. The molecule has 0 saturated carbocycles. The quantitative estimate of drug-likeness (QED) is 0.789. The molecule has 2 saturated heterocycles. The standard InChI is InChI=1S/C19H26N2O6/c1-13-4-5-14(20-16(22)26-11-18(2)7-24-8-18)6-15(13)21-17(23)27-12-19(3)9-25-10-19/h4-6H,7-12H2,1-3H3,(H,20,22)(H,21,23). The van der Waals surface area contributed by atoms with Gasteiger partial charge in [0.1, 0.15) is 13.2 Å². The maximum atomic E-state index is 12.0. The molecule has 0 radical (unpaired) electrons. The first-order valence-corrected chi connectivity index (χ1v) is 8.91. The number of nitrogens with one attached hydrogen (secondary N) is 2. The highest BCUT2D eigenvalue weighted by Crippen LogP contribution is 2.28. The molecule has 0 unspecified atom stereocenters. The largest absolute Gasteiger partial charge is 0.449 e. The second-order valence-corrected chi connectivity index (χ2v) is 8.04. The summed E-state index contributed by atoms with van der Waals surface area (Å²) in [7, 11) is 0. The number of rotatable bonds is 6. The van der Waals surface area contributed by atoms with Crippen LogP contribution in [-0.2, 0) is 18.9 Å². The molecule has 2 N–H and O–H groups in total. The average Bonchev–Trinajstić information content (AvgIpc) is 2.57. The van der Waals surface area contributed by atoms with Gasteiger partial charge in [0, 0.05) is 22.2 Å². The molecule has 0 bridgehead atoms. The first kappa shape index (κ1) is 19.4. The minimum Gasteiger partial charge on any atom is -0.449 e. The molecule has 0 atom stereocenters. The molecule has 2 aliphatic rings. The van der Waals surface area contributed by atoms with Crippen molar-refractivity contribution in [3.63, 3.8) is 0 Å². The van der Waals surface area contributed by atoms with Gasteiger partial charge in [0.2, 0.25) is 0 Å². The van der Waals surface area contributed by atoms with E-state index in [-0.39, 0.29) is 10.8 Å². The number of anilines is 2. The SMILES string of the molecule is Cc1ccc(NC(=O)OCC2(C)COC2)cc1NC(=O)OCC1(C)COC1. The molecule has 0 spiro atoms. The topological polar surface area (TPSA) is 95.1 Å². The van der Waals surface area contributed by atoms with E-state index in [0.29, 0.717) is 51.0 Å². The summed E-state index contributed by atoms with van der Waals surface area (Å²) in [6.07, 6.45) is -1.08. The van der Waals surface area contributed by atoms with Crippen LogP contribution in [0.1, 0.15) is 19.4 Å². The van der Waals surface area contributed by atoms with Gasteiger partial charge in [-0.1, -0.05) is 19.9 Å². The molecule has 2 fully saturated rings. The normalized spacial score (nSPS) is 19.2. The first-order chi connectivity index (χ1) is 12.8. The van der Waals surface area contributed by atoms with Gasteiger partial charge in [0.05, 0.1) is 26.4 Å². The lowest BCUT2D eigenvalue weighted by Crippen LogP contribution is -2.44. The maximum Gasteiger partial charge on any atom is 0.411 e. The van der Waals surface area contributed by atoms with Crippen LogP contribution >= 0.6 is 0 Å². The zero-order valence-electron chi connectivity index (χ0n) is 15.9. The van der Waals surface area contributed by atoms with Crippen LogP contribution in [0.25, 0.3) is 0 Å². The zero-order chi connectivity index (χ0) is 19.5. The lowest BCUT2D eigenvalue weighted by Gasteiger charge is -2.37. The van der Waals surface area contributed by atoms with Crippen LogP contribution in [-0.4, -0.2) is 51.8 Å². The molecule has 2 amide bonds. The Hall–Kier alpha value is -2.32. The Kier molecular flexibility index (Phi) is 5.57. The Morgan fingerprint density at radius 1 is 0.963 bits per heavy atom. The molecule has 2 heterocycles. The van der Waals surface area contributed by atoms with E-state index in [1.165, 1.54) is 0 Å². The molecule has 3 rings (SSSR count). The summed E-state index contributed by atoms with van der Waals surface area (Å²) in [6, 6.07) is 5.21. The van der Waals surface area contributed by atoms with E-state index in [2.05, 4.69) is 10.6 Å². The minimum absolute atomic E-state index is 0.108. The van der Waals surface area contributed by atoms with Crippen LogP contribution in [0.4, 0.5) is 21.0 Å². The Labute approximate surface area is 158 Å². The van der Waals surface area contributed by atoms with Crippen molar-refractivity contribution >= 4 is 23.6 Å². The number of carbonyl (C=O) groups excluding carboxylic acids is 2. The van der Waals surface area contributed by atoms with Gasteiger partial charge in [0.15, 0.2) is 0 Å². The van der Waals surface area contributed by atoms with Crippen LogP contribution in [0.15, 0.2) is 18.2 Å². The van der Waals surface area contributed by atoms with E-state index in [1.54, 1.807) is 18.2 Å². The Morgan fingerprint density at radius 3 is 1.96 bits per heavy atom. The predicted octanol–water partition coefficient (Wildman–Crippen LogP) is 3.17. The number of carbonyl (C=O) groups is 2. The molecule has 148 valence electrons. The van der Waals surface area contributed by atoms with Gasteiger partial charge in [0.25, 0.3) is 0 Å². The highest BCUT2D eigenvalue weighted by atomic mass is 16.6. The van der Waals surface area contributed by atoms with Crippen molar-refractivity contribution in [2.45, 2.75) is 20.8 Å². The second-order valence-electron chi connectivity index (χ2n) is 8.04. The predicted molar refractivity (Wildman–Crippen MR) is 99.0 cm³/mol. The summed E-state index contributed by atoms with van der Waals surface area (Å²) in [5.41, 5.74) is 1.72. The van der Waals surface area contributed by atoms with Crippen LogP contribution in [0.2, 0.25) is 0 Å². The van der Waals surface area contributed by atoms with Gasteiger partial charge in [-0.2, -0.15) is 0 Å². The monoisotopic (exact) mass is 378 g/mol. The molecule has 27 heavy (non-hydrogen) atoms. The van der Waals surface area contributed by atoms with Crippen molar-refractivity contribution in [2.75, 3.05) is 50.3 Å². The fourth-order valence-corrected chi connectivity index (χ4v) is 2.68. The fourth-order valence-electron chi connectivity index (χ4n) is 2.68. The fraction of sp³-hybridized carbons (Fsp3) is 0.579. The Balaban J connectivity index is 1.50. The van der Waals surface area contributed by atoms with Gasteiger partial charge in [-0.15, -0.1) is 0 Å². The van der Waals surface area contributed by atoms with E-state index in [0.717, 1.165) is 5.56 Å². The molecule has 8 heteroatoms. The van der Waals surface area contributed by atoms with Crippen LogP contribution in [0.3, 0.4) is 0 Å². The Bertz CT molecular complexity index is 712. The van der Waals surface area contributed by atoms with Crippen molar-refractivity contribution < 1.29 is 28.5 Å². The second kappa shape index (κ2) is 7.74. The van der Waals surface area contributed by atoms with Crippen molar-refractivity contribution in [1.82, 2.24) is 0 Å². The number of hydrogen-bond acceptors (Lipinski definition) is 6. The summed E-state index contributed by atoms with van der Waals surface area (Å²) >= 11 is 0. The van der Waals surface area contributed by atoms with Crippen LogP contribution < -0.4 is 10.6 Å². The van der Waals surface area contributed by atoms with E-state index >= 15 is 0 Å². The molecular weight excluding hydrogens is 352 g/mol. The number of benzene rings is 1. The molecule has 8 nitrogen and oxygen atoms in total. The summed E-state index contributed by atoms with van der Waals surface area (Å²) in [5, 5.41) is 5.38. The van der Waals surface area contributed by atoms with Crippen molar-refractivity contribution in [1.29, 1.82) is 0 Å². The average molecular weight is 378 g/mol. The third kappa shape index (κ3) is 5.11. The smallest absolute Gasteiger partial charge is 0.411 e. The van der Waals surface area contributed by atoms with Crippen LogP contribution in [0.5, 0.6) is 0 Å². The van der Waals surface area contributed by atoms with Crippen molar-refractivity contribution in [2.24, 2.45) is 10.8 Å². The van der Waals surface area contributed by atoms with E-state index < -0.39 is 12.2 Å². The van der Waals surface area contributed by atoms with Gasteiger partial charge >= 0.3 is 12.2 Å². The zero-order valence-corrected chi connectivity index (χ0v) is 15.9. The van der Waals surface area contributed by atoms with E-state index in [9.17, 15) is 9.59 Å². The molecule has 1 aromatic carbocycles. The van der Waals surface area contributed by atoms with Crippen molar-refractivity contribution in [3.05, 3.63) is 23.8 Å². The van der Waals surface area contributed by atoms with E-state index in [4.69, 9.17) is 18.9 Å². The highest BCUT2D eigenvalue weighted by Gasteiger charge is 2.35. The molecule has 1 aromatic rings. The third-order valence-electron chi connectivity index (χ3n) is 4.63. The summed E-state index contributed by atoms with van der Waals surface area (Å²) in [4.78, 5) is 24.0. The number of amides is 2. The van der Waals surface area contributed by atoms with Gasteiger partial charge in [-0.05, 0) is 24.6 Å². The Morgan fingerprint density at radius 2 is 1.48 bits per heavy atom. The number of aryl methyl sites for hydroxylation is 1. The van der Waals surface area contributed by atoms with Crippen molar-refractivity contribution in [3.8, 4) is 0 Å². The molecule has 0 aromatic heterocycles. The number of hydrogen-bond donors (Lipinski definition) is 2. The highest BCUT2D eigenvalue weighted by molar-refractivity contribution is 5.89. The van der Waals surface area contributed by atoms with Crippen LogP contribution in [0, 0.1) is 17.8 Å². The summed E-state index contributed by atoms with van der Waals surface area (Å²) in [6.45, 7) is 8.81. The molecule has 2 aliphatic heterocycles. The maximum absolute atomic E-state index is 12.0. The lowest BCUT2D eigenvalue weighted by atomic mass is 9.90. The molecule has 0 aliphatic carbocycles.